The van der Waals surface area contributed by atoms with Crippen LogP contribution in [-0.2, 0) is 0 Å². The summed E-state index contributed by atoms with van der Waals surface area (Å²) >= 11 is 6.22. The Kier molecular flexibility index (Phi) is 6.75. The van der Waals surface area contributed by atoms with E-state index in [9.17, 15) is 4.39 Å². The molecule has 36 heavy (non-hydrogen) atoms. The molecule has 0 aliphatic rings. The fourth-order valence-corrected chi connectivity index (χ4v) is 4.30. The van der Waals surface area contributed by atoms with Crippen LogP contribution in [0.5, 0.6) is 0 Å². The number of rotatable bonds is 7. The van der Waals surface area contributed by atoms with Gasteiger partial charge in [0.1, 0.15) is 17.2 Å². The molecular weight excluding hydrogens is 475 g/mol. The van der Waals surface area contributed by atoms with Gasteiger partial charge in [0.05, 0.1) is 17.8 Å². The number of nitrogens with two attached hydrogens (primary N) is 1. The molecule has 5 rings (SSSR count). The smallest absolute Gasteiger partial charge is 0.137 e. The van der Waals surface area contributed by atoms with Gasteiger partial charge >= 0.3 is 0 Å². The highest BCUT2D eigenvalue weighted by Crippen LogP contribution is 2.36. The summed E-state index contributed by atoms with van der Waals surface area (Å²) in [6, 6.07) is 18.2. The average molecular weight is 499 g/mol. The number of aromatic nitrogens is 3. The third-order valence-electron chi connectivity index (χ3n) is 5.90. The quantitative estimate of drug-likeness (QED) is 0.226. The molecule has 0 fully saturated rings. The van der Waals surface area contributed by atoms with Crippen LogP contribution < -0.4 is 11.1 Å². The van der Waals surface area contributed by atoms with E-state index in [1.54, 1.807) is 18.5 Å². The number of hydrogen-bond acceptors (Lipinski definition) is 5. The second-order valence-corrected chi connectivity index (χ2v) is 8.69. The van der Waals surface area contributed by atoms with Gasteiger partial charge in [0, 0.05) is 64.0 Å². The number of halogens is 2. The number of fused-ring (bicyclic) bond motifs is 2. The Bertz CT molecular complexity index is 1620. The lowest BCUT2D eigenvalue weighted by Crippen LogP contribution is -2.10. The third kappa shape index (κ3) is 4.58. The van der Waals surface area contributed by atoms with Gasteiger partial charge in [-0.3, -0.25) is 14.4 Å². The second-order valence-electron chi connectivity index (χ2n) is 8.25. The largest absolute Gasteiger partial charge is 0.404 e. The standard InChI is InChI=1S/C28H24ClFN6/c1-32-9-10-33-16-21(15-31)20-13-19-12-18(5-8-25(19)34-17-20)28-27(23-14-22(29)6-7-24(23)30)35-26-4-2-3-11-36(26)28/h2-8,11-17,32H,9-10,31H2,1H3/b21-15+,33-16?. The third-order valence-corrected chi connectivity index (χ3v) is 6.14. The summed E-state index contributed by atoms with van der Waals surface area (Å²) in [5.74, 6) is -0.385. The van der Waals surface area contributed by atoms with Crippen LogP contribution in [0.4, 0.5) is 4.39 Å². The number of aliphatic imine (C=N–C) groups is 1. The molecule has 0 bridgehead atoms. The van der Waals surface area contributed by atoms with Crippen molar-refractivity contribution in [3.63, 3.8) is 0 Å². The number of allylic oxidation sites excluding steroid dienone is 1. The van der Waals surface area contributed by atoms with E-state index in [4.69, 9.17) is 22.3 Å². The van der Waals surface area contributed by atoms with Gasteiger partial charge < -0.3 is 11.1 Å². The van der Waals surface area contributed by atoms with Crippen molar-refractivity contribution in [1.82, 2.24) is 19.7 Å². The van der Waals surface area contributed by atoms with Crippen molar-refractivity contribution in [2.24, 2.45) is 10.7 Å². The van der Waals surface area contributed by atoms with Crippen LogP contribution >= 0.6 is 11.6 Å². The van der Waals surface area contributed by atoms with Crippen molar-refractivity contribution in [1.29, 1.82) is 0 Å². The highest BCUT2D eigenvalue weighted by Gasteiger charge is 2.19. The Morgan fingerprint density at radius 1 is 1.17 bits per heavy atom. The predicted octanol–water partition coefficient (Wildman–Crippen LogP) is 5.60. The maximum Gasteiger partial charge on any atom is 0.137 e. The molecule has 0 amide bonds. The monoisotopic (exact) mass is 498 g/mol. The van der Waals surface area contributed by atoms with Crippen LogP contribution in [0.15, 0.2) is 84.2 Å². The van der Waals surface area contributed by atoms with Crippen molar-refractivity contribution in [2.75, 3.05) is 20.1 Å². The molecule has 3 heterocycles. The molecule has 0 atom stereocenters. The minimum absolute atomic E-state index is 0.347. The van der Waals surface area contributed by atoms with Crippen LogP contribution in [0.25, 0.3) is 44.6 Å². The number of hydrogen-bond donors (Lipinski definition) is 2. The topological polar surface area (TPSA) is 80.6 Å². The Hall–Kier alpha value is -4.07. The normalized spacial score (nSPS) is 12.2. The predicted molar refractivity (Wildman–Crippen MR) is 146 cm³/mol. The van der Waals surface area contributed by atoms with Gasteiger partial charge in [0.25, 0.3) is 0 Å². The van der Waals surface area contributed by atoms with Gasteiger partial charge in [0.15, 0.2) is 0 Å². The average Bonchev–Trinajstić information content (AvgIpc) is 3.29. The molecule has 0 aliphatic carbocycles. The zero-order chi connectivity index (χ0) is 25.1. The molecule has 0 saturated carbocycles. The molecule has 0 unspecified atom stereocenters. The number of pyridine rings is 2. The number of nitrogens with one attached hydrogen (secondary N) is 1. The van der Waals surface area contributed by atoms with Crippen LogP contribution in [0, 0.1) is 5.82 Å². The summed E-state index contributed by atoms with van der Waals surface area (Å²) in [6.07, 6.45) is 6.99. The summed E-state index contributed by atoms with van der Waals surface area (Å²) < 4.78 is 16.9. The molecule has 0 saturated heterocycles. The first-order valence-corrected chi connectivity index (χ1v) is 11.9. The minimum atomic E-state index is -0.385. The summed E-state index contributed by atoms with van der Waals surface area (Å²) in [7, 11) is 1.88. The van der Waals surface area contributed by atoms with Crippen LogP contribution in [0.2, 0.25) is 5.02 Å². The van der Waals surface area contributed by atoms with Crippen LogP contribution in [-0.4, -0.2) is 40.7 Å². The number of nitrogens with zero attached hydrogens (tertiary/aromatic N) is 4. The van der Waals surface area contributed by atoms with Gasteiger partial charge in [-0.1, -0.05) is 23.7 Å². The lowest BCUT2D eigenvalue weighted by Gasteiger charge is -2.09. The van der Waals surface area contributed by atoms with Gasteiger partial charge in [-0.05, 0) is 55.6 Å². The first kappa shape index (κ1) is 23.7. The van der Waals surface area contributed by atoms with Crippen molar-refractivity contribution < 1.29 is 4.39 Å². The fourth-order valence-electron chi connectivity index (χ4n) is 4.13. The van der Waals surface area contributed by atoms with Gasteiger partial charge in [-0.25, -0.2) is 9.37 Å². The SMILES string of the molecule is CNCCN=C/C(=C\N)c1cnc2ccc(-c3c(-c4cc(Cl)ccc4F)nc4ccccn34)cc2c1. The number of imidazole rings is 1. The molecular formula is C28H24ClFN6. The minimum Gasteiger partial charge on any atom is -0.404 e. The molecule has 0 radical (unpaired) electrons. The van der Waals surface area contributed by atoms with Crippen molar-refractivity contribution in [3.05, 3.63) is 95.7 Å². The lowest BCUT2D eigenvalue weighted by atomic mass is 10.0. The molecule has 180 valence electrons. The highest BCUT2D eigenvalue weighted by molar-refractivity contribution is 6.30. The van der Waals surface area contributed by atoms with Crippen molar-refractivity contribution >= 4 is 39.9 Å². The first-order chi connectivity index (χ1) is 17.6. The summed E-state index contributed by atoms with van der Waals surface area (Å²) in [5.41, 5.74) is 11.6. The van der Waals surface area contributed by atoms with Crippen molar-refractivity contribution in [2.45, 2.75) is 0 Å². The summed E-state index contributed by atoms with van der Waals surface area (Å²) in [5, 5.41) is 4.42. The number of likely N-dealkylation sites (N-methyl/N-ethyl adjacent to an activating group) is 1. The van der Waals surface area contributed by atoms with Crippen LogP contribution in [0.1, 0.15) is 5.56 Å². The molecule has 2 aromatic carbocycles. The van der Waals surface area contributed by atoms with E-state index in [-0.39, 0.29) is 5.82 Å². The first-order valence-electron chi connectivity index (χ1n) is 11.5. The van der Waals surface area contributed by atoms with E-state index >= 15 is 0 Å². The van der Waals surface area contributed by atoms with Gasteiger partial charge in [-0.2, -0.15) is 0 Å². The van der Waals surface area contributed by atoms with E-state index in [0.29, 0.717) is 28.5 Å². The highest BCUT2D eigenvalue weighted by atomic mass is 35.5. The Balaban J connectivity index is 1.65. The molecule has 8 heteroatoms. The maximum absolute atomic E-state index is 14.9. The molecule has 0 aliphatic heterocycles. The molecule has 3 aromatic heterocycles. The zero-order valence-corrected chi connectivity index (χ0v) is 20.4. The van der Waals surface area contributed by atoms with Crippen LogP contribution in [0.3, 0.4) is 0 Å². The van der Waals surface area contributed by atoms with E-state index < -0.39 is 0 Å². The van der Waals surface area contributed by atoms with E-state index in [0.717, 1.165) is 39.8 Å². The molecule has 0 spiro atoms. The Morgan fingerprint density at radius 3 is 2.89 bits per heavy atom. The second kappa shape index (κ2) is 10.3. The molecule has 6 nitrogen and oxygen atoms in total. The van der Waals surface area contributed by atoms with E-state index in [1.165, 1.54) is 18.3 Å². The maximum atomic E-state index is 14.9. The lowest BCUT2D eigenvalue weighted by molar-refractivity contribution is 0.631. The fraction of sp³-hybridized carbons (Fsp3) is 0.107. The molecule has 5 aromatic rings. The van der Waals surface area contributed by atoms with Crippen molar-refractivity contribution in [3.8, 4) is 22.5 Å². The summed E-state index contributed by atoms with van der Waals surface area (Å²) in [4.78, 5) is 13.8. The van der Waals surface area contributed by atoms with Gasteiger partial charge in [0.2, 0.25) is 0 Å². The van der Waals surface area contributed by atoms with E-state index in [1.807, 2.05) is 60.1 Å². The Labute approximate surface area is 213 Å². The molecule has 3 N–H and O–H groups in total. The number of benzene rings is 2. The van der Waals surface area contributed by atoms with Gasteiger partial charge in [-0.15, -0.1) is 0 Å². The van der Waals surface area contributed by atoms with E-state index in [2.05, 4.69) is 15.3 Å². The Morgan fingerprint density at radius 2 is 2.06 bits per heavy atom. The zero-order valence-electron chi connectivity index (χ0n) is 19.6. The summed E-state index contributed by atoms with van der Waals surface area (Å²) in [6.45, 7) is 1.43.